The van der Waals surface area contributed by atoms with Gasteiger partial charge in [0.2, 0.25) is 5.43 Å². The van der Waals surface area contributed by atoms with E-state index in [1.165, 1.54) is 0 Å². The first-order chi connectivity index (χ1) is 14.9. The average Bonchev–Trinajstić information content (AvgIpc) is 3.37. The van der Waals surface area contributed by atoms with Gasteiger partial charge in [-0.2, -0.15) is 0 Å². The van der Waals surface area contributed by atoms with E-state index in [9.17, 15) is 4.79 Å². The van der Waals surface area contributed by atoms with Crippen molar-refractivity contribution in [2.45, 2.75) is 32.8 Å². The van der Waals surface area contributed by atoms with E-state index < -0.39 is 0 Å². The monoisotopic (exact) mass is 413 g/mol. The summed E-state index contributed by atoms with van der Waals surface area (Å²) in [4.78, 5) is 16.7. The maximum absolute atomic E-state index is 13.3. The summed E-state index contributed by atoms with van der Waals surface area (Å²) >= 11 is 0. The summed E-state index contributed by atoms with van der Waals surface area (Å²) in [5.41, 5.74) is 3.35. The van der Waals surface area contributed by atoms with Crippen LogP contribution in [0.1, 0.15) is 32.0 Å². The standard InChI is InChI=1S/C26H23NO4/c1-26(2,3)31-17-12-10-16(11-13-17)15-19-25-22(23(27-19)21-9-6-14-29-21)24(28)18-7-4-5-8-20(18)30-25/h4-14,27H,15H2,1-3H3. The Balaban J connectivity index is 1.63. The van der Waals surface area contributed by atoms with E-state index in [-0.39, 0.29) is 11.0 Å². The highest BCUT2D eigenvalue weighted by Crippen LogP contribution is 2.32. The molecule has 5 heteroatoms. The number of furan rings is 1. The Labute approximate surface area is 179 Å². The van der Waals surface area contributed by atoms with Crippen molar-refractivity contribution in [3.8, 4) is 17.2 Å². The quantitative estimate of drug-likeness (QED) is 0.375. The van der Waals surface area contributed by atoms with Crippen molar-refractivity contribution in [1.29, 1.82) is 0 Å². The highest BCUT2D eigenvalue weighted by atomic mass is 16.5. The average molecular weight is 413 g/mol. The van der Waals surface area contributed by atoms with E-state index in [0.717, 1.165) is 17.0 Å². The molecular formula is C26H23NO4. The molecule has 0 atom stereocenters. The summed E-state index contributed by atoms with van der Waals surface area (Å²) in [6.07, 6.45) is 2.17. The fraction of sp³-hybridized carbons (Fsp3) is 0.192. The number of para-hydroxylation sites is 1. The number of rotatable bonds is 4. The number of H-pyrrole nitrogens is 1. The van der Waals surface area contributed by atoms with Gasteiger partial charge < -0.3 is 18.6 Å². The highest BCUT2D eigenvalue weighted by Gasteiger charge is 2.21. The molecule has 0 spiro atoms. The van der Waals surface area contributed by atoms with Gasteiger partial charge in [0.25, 0.3) is 0 Å². The van der Waals surface area contributed by atoms with Crippen LogP contribution in [-0.4, -0.2) is 10.6 Å². The summed E-state index contributed by atoms with van der Waals surface area (Å²) in [6.45, 7) is 6.07. The van der Waals surface area contributed by atoms with Crippen LogP contribution in [0.15, 0.2) is 80.6 Å². The number of aromatic nitrogens is 1. The zero-order chi connectivity index (χ0) is 21.6. The van der Waals surface area contributed by atoms with Crippen molar-refractivity contribution < 1.29 is 13.6 Å². The molecule has 0 aliphatic rings. The first kappa shape index (κ1) is 19.2. The Kier molecular flexibility index (Phi) is 4.47. The highest BCUT2D eigenvalue weighted by molar-refractivity contribution is 5.99. The van der Waals surface area contributed by atoms with Gasteiger partial charge in [0.05, 0.1) is 28.4 Å². The molecule has 0 saturated heterocycles. The van der Waals surface area contributed by atoms with Crippen LogP contribution in [0.25, 0.3) is 33.4 Å². The zero-order valence-corrected chi connectivity index (χ0v) is 17.7. The second-order valence-electron chi connectivity index (χ2n) is 8.62. The van der Waals surface area contributed by atoms with E-state index in [1.54, 1.807) is 18.4 Å². The lowest BCUT2D eigenvalue weighted by molar-refractivity contribution is 0.131. The molecule has 0 aliphatic heterocycles. The zero-order valence-electron chi connectivity index (χ0n) is 17.7. The van der Waals surface area contributed by atoms with Crippen molar-refractivity contribution >= 4 is 21.9 Å². The molecule has 0 bridgehead atoms. The number of benzene rings is 2. The third kappa shape index (κ3) is 3.63. The number of hydrogen-bond acceptors (Lipinski definition) is 4. The fourth-order valence-corrected chi connectivity index (χ4v) is 3.81. The van der Waals surface area contributed by atoms with E-state index >= 15 is 0 Å². The van der Waals surface area contributed by atoms with Crippen molar-refractivity contribution in [1.82, 2.24) is 4.98 Å². The molecule has 31 heavy (non-hydrogen) atoms. The summed E-state index contributed by atoms with van der Waals surface area (Å²) in [5, 5.41) is 1.06. The smallest absolute Gasteiger partial charge is 0.202 e. The van der Waals surface area contributed by atoms with E-state index in [4.69, 9.17) is 13.6 Å². The molecule has 0 aliphatic carbocycles. The summed E-state index contributed by atoms with van der Waals surface area (Å²) < 4.78 is 17.7. The minimum Gasteiger partial charge on any atom is -0.488 e. The van der Waals surface area contributed by atoms with Crippen molar-refractivity contribution in [3.63, 3.8) is 0 Å². The van der Waals surface area contributed by atoms with Crippen LogP contribution in [0.2, 0.25) is 0 Å². The third-order valence-electron chi connectivity index (χ3n) is 5.09. The van der Waals surface area contributed by atoms with Crippen LogP contribution >= 0.6 is 0 Å². The Hall–Kier alpha value is -3.73. The van der Waals surface area contributed by atoms with Crippen LogP contribution in [0.3, 0.4) is 0 Å². The summed E-state index contributed by atoms with van der Waals surface area (Å²) in [5.74, 6) is 1.43. The van der Waals surface area contributed by atoms with Gasteiger partial charge in [-0.15, -0.1) is 0 Å². The third-order valence-corrected chi connectivity index (χ3v) is 5.09. The van der Waals surface area contributed by atoms with Crippen molar-refractivity contribution in [2.24, 2.45) is 0 Å². The normalized spacial score (nSPS) is 12.0. The molecule has 2 aromatic carbocycles. The topological polar surface area (TPSA) is 68.4 Å². The fourth-order valence-electron chi connectivity index (χ4n) is 3.81. The van der Waals surface area contributed by atoms with E-state index in [1.807, 2.05) is 69.3 Å². The van der Waals surface area contributed by atoms with E-state index in [0.29, 0.717) is 39.8 Å². The van der Waals surface area contributed by atoms with Crippen molar-refractivity contribution in [3.05, 3.63) is 88.4 Å². The molecule has 0 amide bonds. The van der Waals surface area contributed by atoms with E-state index in [2.05, 4.69) is 4.98 Å². The molecule has 5 nitrogen and oxygen atoms in total. The molecule has 5 rings (SSSR count). The van der Waals surface area contributed by atoms with Gasteiger partial charge in [0.15, 0.2) is 11.3 Å². The van der Waals surface area contributed by atoms with Crippen molar-refractivity contribution in [2.75, 3.05) is 0 Å². The lowest BCUT2D eigenvalue weighted by Crippen LogP contribution is -2.22. The minimum atomic E-state index is -0.250. The first-order valence-electron chi connectivity index (χ1n) is 10.3. The van der Waals surface area contributed by atoms with Gasteiger partial charge in [-0.25, -0.2) is 0 Å². The molecular weight excluding hydrogens is 390 g/mol. The molecule has 0 fully saturated rings. The predicted octanol–water partition coefficient (Wildman–Crippen LogP) is 6.30. The number of nitrogens with one attached hydrogen (secondary N) is 1. The van der Waals surface area contributed by atoms with Gasteiger partial charge >= 0.3 is 0 Å². The number of fused-ring (bicyclic) bond motifs is 2. The Morgan fingerprint density at radius 2 is 1.74 bits per heavy atom. The van der Waals surface area contributed by atoms with Gasteiger partial charge in [0, 0.05) is 6.42 Å². The first-order valence-corrected chi connectivity index (χ1v) is 10.3. The number of hydrogen-bond donors (Lipinski definition) is 1. The predicted molar refractivity (Wildman–Crippen MR) is 122 cm³/mol. The molecule has 0 saturated carbocycles. The molecule has 0 radical (unpaired) electrons. The SMILES string of the molecule is CC(C)(C)Oc1ccc(Cc2[nH]c(-c3ccco3)c3c(=O)c4ccccc4oc23)cc1. The second kappa shape index (κ2) is 7.20. The van der Waals surface area contributed by atoms with Crippen LogP contribution in [0.4, 0.5) is 0 Å². The van der Waals surface area contributed by atoms with Crippen LogP contribution in [-0.2, 0) is 6.42 Å². The lowest BCUT2D eigenvalue weighted by Gasteiger charge is -2.21. The Morgan fingerprint density at radius 3 is 2.45 bits per heavy atom. The van der Waals surface area contributed by atoms with Crippen LogP contribution < -0.4 is 10.2 Å². The van der Waals surface area contributed by atoms with Gasteiger partial charge in [-0.3, -0.25) is 4.79 Å². The Morgan fingerprint density at radius 1 is 0.968 bits per heavy atom. The molecule has 0 unspecified atom stereocenters. The summed E-state index contributed by atoms with van der Waals surface area (Å²) in [7, 11) is 0. The molecule has 156 valence electrons. The summed E-state index contributed by atoms with van der Waals surface area (Å²) in [6, 6.07) is 18.9. The molecule has 3 aromatic heterocycles. The maximum Gasteiger partial charge on any atom is 0.202 e. The van der Waals surface area contributed by atoms with Crippen LogP contribution in [0.5, 0.6) is 5.75 Å². The lowest BCUT2D eigenvalue weighted by atomic mass is 10.1. The number of aromatic amines is 1. The molecule has 1 N–H and O–H groups in total. The van der Waals surface area contributed by atoms with Gasteiger partial charge in [-0.1, -0.05) is 24.3 Å². The molecule has 3 heterocycles. The van der Waals surface area contributed by atoms with Gasteiger partial charge in [-0.05, 0) is 62.7 Å². The minimum absolute atomic E-state index is 0.0697. The maximum atomic E-state index is 13.3. The molecule has 5 aromatic rings. The van der Waals surface area contributed by atoms with Crippen LogP contribution in [0, 0.1) is 0 Å². The number of ether oxygens (including phenoxy) is 1. The Bertz CT molecular complexity index is 1420. The largest absolute Gasteiger partial charge is 0.488 e. The van der Waals surface area contributed by atoms with Gasteiger partial charge in [0.1, 0.15) is 16.9 Å². The second-order valence-corrected chi connectivity index (χ2v) is 8.62.